The van der Waals surface area contributed by atoms with E-state index >= 15 is 0 Å². The summed E-state index contributed by atoms with van der Waals surface area (Å²) in [5, 5.41) is 17.3. The molecule has 1 fully saturated rings. The zero-order chi connectivity index (χ0) is 14.0. The van der Waals surface area contributed by atoms with Crippen molar-refractivity contribution in [1.29, 1.82) is 5.41 Å². The first kappa shape index (κ1) is 13.8. The summed E-state index contributed by atoms with van der Waals surface area (Å²) in [5.74, 6) is 0.738. The van der Waals surface area contributed by atoms with Crippen molar-refractivity contribution in [3.05, 3.63) is 23.9 Å². The molecule has 1 saturated heterocycles. The molecule has 2 unspecified atom stereocenters. The van der Waals surface area contributed by atoms with Crippen molar-refractivity contribution >= 4 is 11.7 Å². The first-order valence-electron chi connectivity index (χ1n) is 6.38. The van der Waals surface area contributed by atoms with Crippen LogP contribution in [0.4, 0.5) is 5.82 Å². The normalized spacial score (nSPS) is 23.1. The zero-order valence-corrected chi connectivity index (χ0v) is 11.4. The summed E-state index contributed by atoms with van der Waals surface area (Å²) in [7, 11) is 4.03. The minimum absolute atomic E-state index is 0.0363. The molecule has 0 aliphatic carbocycles. The molecule has 1 aromatic heterocycles. The van der Waals surface area contributed by atoms with Crippen molar-refractivity contribution in [2.75, 3.05) is 32.1 Å². The third kappa shape index (κ3) is 3.21. The number of hydrogen-bond acceptors (Lipinski definition) is 5. The summed E-state index contributed by atoms with van der Waals surface area (Å²) in [6.07, 6.45) is 0.414. The second-order valence-electron chi connectivity index (χ2n) is 5.25. The van der Waals surface area contributed by atoms with Crippen LogP contribution in [0.15, 0.2) is 18.2 Å². The lowest BCUT2D eigenvalue weighted by Gasteiger charge is -2.27. The molecule has 0 radical (unpaired) electrons. The number of amidine groups is 1. The van der Waals surface area contributed by atoms with E-state index in [1.165, 1.54) is 0 Å². The van der Waals surface area contributed by atoms with Gasteiger partial charge in [-0.25, -0.2) is 4.98 Å². The largest absolute Gasteiger partial charge is 0.391 e. The van der Waals surface area contributed by atoms with Gasteiger partial charge in [-0.1, -0.05) is 6.07 Å². The van der Waals surface area contributed by atoms with Crippen molar-refractivity contribution in [3.63, 3.8) is 0 Å². The van der Waals surface area contributed by atoms with E-state index in [9.17, 15) is 5.11 Å². The van der Waals surface area contributed by atoms with Crippen LogP contribution in [0.2, 0.25) is 0 Å². The molecule has 0 saturated carbocycles. The van der Waals surface area contributed by atoms with Gasteiger partial charge in [-0.05, 0) is 32.6 Å². The third-order valence-corrected chi connectivity index (χ3v) is 3.27. The molecule has 0 amide bonds. The summed E-state index contributed by atoms with van der Waals surface area (Å²) in [6, 6.07) is 5.70. The second kappa shape index (κ2) is 5.54. The van der Waals surface area contributed by atoms with Crippen LogP contribution in [0.1, 0.15) is 12.1 Å². The molecule has 1 aliphatic heterocycles. The number of likely N-dealkylation sites (N-methyl/N-ethyl adjacent to an activating group) is 1. The number of nitrogens with zero attached hydrogens (tertiary/aromatic N) is 3. The molecule has 0 aromatic carbocycles. The lowest BCUT2D eigenvalue weighted by atomic mass is 10.2. The van der Waals surface area contributed by atoms with Crippen LogP contribution >= 0.6 is 0 Å². The van der Waals surface area contributed by atoms with Gasteiger partial charge in [-0.2, -0.15) is 0 Å². The highest BCUT2D eigenvalue weighted by atomic mass is 16.3. The van der Waals surface area contributed by atoms with Crippen LogP contribution in [0.3, 0.4) is 0 Å². The van der Waals surface area contributed by atoms with E-state index in [0.29, 0.717) is 12.2 Å². The summed E-state index contributed by atoms with van der Waals surface area (Å²) in [5.41, 5.74) is 5.94. The Labute approximate surface area is 113 Å². The van der Waals surface area contributed by atoms with E-state index in [1.807, 2.05) is 26.2 Å². The van der Waals surface area contributed by atoms with Crippen LogP contribution < -0.4 is 10.6 Å². The van der Waals surface area contributed by atoms with Crippen LogP contribution in [0.25, 0.3) is 0 Å². The molecule has 0 bridgehead atoms. The molecule has 2 rings (SSSR count). The van der Waals surface area contributed by atoms with Gasteiger partial charge in [0.15, 0.2) is 0 Å². The van der Waals surface area contributed by atoms with Crippen molar-refractivity contribution in [3.8, 4) is 0 Å². The van der Waals surface area contributed by atoms with E-state index in [2.05, 4.69) is 14.8 Å². The quantitative estimate of drug-likeness (QED) is 0.520. The number of rotatable bonds is 4. The molecule has 4 N–H and O–H groups in total. The Bertz CT molecular complexity index is 462. The number of aromatic nitrogens is 1. The summed E-state index contributed by atoms with van der Waals surface area (Å²) >= 11 is 0. The van der Waals surface area contributed by atoms with Crippen molar-refractivity contribution in [2.45, 2.75) is 18.6 Å². The van der Waals surface area contributed by atoms with Crippen molar-refractivity contribution < 1.29 is 5.11 Å². The molecule has 0 spiro atoms. The number of β-amino-alcohol motifs (C(OH)–C–C–N with tert-alkyl or cyclic N) is 1. The average molecular weight is 263 g/mol. The number of nitrogens with one attached hydrogen (secondary N) is 1. The van der Waals surface area contributed by atoms with Crippen LogP contribution in [0, 0.1) is 5.41 Å². The van der Waals surface area contributed by atoms with Gasteiger partial charge in [-0.3, -0.25) is 5.41 Å². The van der Waals surface area contributed by atoms with E-state index in [1.54, 1.807) is 6.07 Å². The smallest absolute Gasteiger partial charge is 0.141 e. The molecule has 1 aromatic rings. The van der Waals surface area contributed by atoms with Gasteiger partial charge in [0.25, 0.3) is 0 Å². The standard InChI is InChI=1S/C13H21N5O/c1-17(2)7-9-6-10(19)8-18(9)12-5-3-4-11(16-12)13(14)15/h3-5,9-10,19H,6-8H2,1-2H3,(H3,14,15). The highest BCUT2D eigenvalue weighted by Crippen LogP contribution is 2.24. The maximum absolute atomic E-state index is 9.87. The van der Waals surface area contributed by atoms with Gasteiger partial charge < -0.3 is 20.6 Å². The maximum atomic E-state index is 9.87. The molecule has 1 aliphatic rings. The minimum atomic E-state index is -0.326. The Kier molecular flexibility index (Phi) is 4.01. The second-order valence-corrected chi connectivity index (χ2v) is 5.25. The fourth-order valence-corrected chi connectivity index (χ4v) is 2.50. The lowest BCUT2D eigenvalue weighted by molar-refractivity contribution is 0.191. The van der Waals surface area contributed by atoms with Crippen LogP contribution in [-0.4, -0.2) is 60.2 Å². The number of nitrogens with two attached hydrogens (primary N) is 1. The van der Waals surface area contributed by atoms with Crippen LogP contribution in [-0.2, 0) is 0 Å². The van der Waals surface area contributed by atoms with E-state index in [4.69, 9.17) is 11.1 Å². The third-order valence-electron chi connectivity index (χ3n) is 3.27. The van der Waals surface area contributed by atoms with Gasteiger partial charge in [0.2, 0.25) is 0 Å². The molecule has 6 nitrogen and oxygen atoms in total. The van der Waals surface area contributed by atoms with Gasteiger partial charge in [-0.15, -0.1) is 0 Å². The van der Waals surface area contributed by atoms with Gasteiger partial charge in [0.05, 0.1) is 6.10 Å². The lowest BCUT2D eigenvalue weighted by Crippen LogP contribution is -2.38. The Morgan fingerprint density at radius 3 is 2.95 bits per heavy atom. The SMILES string of the molecule is CN(C)CC1CC(O)CN1c1cccc(C(=N)N)n1. The number of anilines is 1. The molecule has 104 valence electrons. The number of aliphatic hydroxyl groups excluding tert-OH is 1. The predicted molar refractivity (Wildman–Crippen MR) is 75.6 cm³/mol. The molecule has 2 heterocycles. The Morgan fingerprint density at radius 2 is 2.32 bits per heavy atom. The topological polar surface area (TPSA) is 89.5 Å². The molecular formula is C13H21N5O. The summed E-state index contributed by atoms with van der Waals surface area (Å²) in [4.78, 5) is 8.59. The van der Waals surface area contributed by atoms with Gasteiger partial charge in [0, 0.05) is 19.1 Å². The highest BCUT2D eigenvalue weighted by molar-refractivity contribution is 5.93. The minimum Gasteiger partial charge on any atom is -0.391 e. The Morgan fingerprint density at radius 1 is 1.58 bits per heavy atom. The fraction of sp³-hybridized carbons (Fsp3) is 0.538. The van der Waals surface area contributed by atoms with Gasteiger partial charge in [0.1, 0.15) is 17.3 Å². The first-order valence-corrected chi connectivity index (χ1v) is 6.38. The molecular weight excluding hydrogens is 242 g/mol. The molecule has 2 atom stereocenters. The Balaban J connectivity index is 2.23. The maximum Gasteiger partial charge on any atom is 0.141 e. The number of nitrogen functional groups attached to an aromatic ring is 1. The molecule has 6 heteroatoms. The van der Waals surface area contributed by atoms with Crippen molar-refractivity contribution in [1.82, 2.24) is 9.88 Å². The van der Waals surface area contributed by atoms with Gasteiger partial charge >= 0.3 is 0 Å². The van der Waals surface area contributed by atoms with E-state index < -0.39 is 0 Å². The first-order chi connectivity index (χ1) is 8.97. The Hall–Kier alpha value is -1.66. The average Bonchev–Trinajstić information content (AvgIpc) is 2.69. The van der Waals surface area contributed by atoms with Crippen molar-refractivity contribution in [2.24, 2.45) is 5.73 Å². The number of pyridine rings is 1. The number of aliphatic hydroxyl groups is 1. The fourth-order valence-electron chi connectivity index (χ4n) is 2.50. The van der Waals surface area contributed by atoms with E-state index in [-0.39, 0.29) is 18.0 Å². The zero-order valence-electron chi connectivity index (χ0n) is 11.4. The highest BCUT2D eigenvalue weighted by Gasteiger charge is 2.32. The monoisotopic (exact) mass is 263 g/mol. The number of hydrogen-bond donors (Lipinski definition) is 3. The summed E-state index contributed by atoms with van der Waals surface area (Å²) in [6.45, 7) is 1.44. The van der Waals surface area contributed by atoms with E-state index in [0.717, 1.165) is 18.8 Å². The van der Waals surface area contributed by atoms with Crippen LogP contribution in [0.5, 0.6) is 0 Å². The predicted octanol–water partition coefficient (Wildman–Crippen LogP) is -0.133. The summed E-state index contributed by atoms with van der Waals surface area (Å²) < 4.78 is 0. The molecule has 19 heavy (non-hydrogen) atoms.